The molecular formula is C17H22N2O2. The Morgan fingerprint density at radius 3 is 2.52 bits per heavy atom. The Kier molecular flexibility index (Phi) is 4.68. The lowest BCUT2D eigenvalue weighted by Gasteiger charge is -2.12. The minimum absolute atomic E-state index is 0.199. The van der Waals surface area contributed by atoms with Crippen LogP contribution in [-0.4, -0.2) is 12.6 Å². The van der Waals surface area contributed by atoms with Crippen LogP contribution >= 0.6 is 0 Å². The maximum absolute atomic E-state index is 11.7. The summed E-state index contributed by atoms with van der Waals surface area (Å²) in [7, 11) is 0. The van der Waals surface area contributed by atoms with Crippen LogP contribution in [0.1, 0.15) is 25.8 Å². The fourth-order valence-electron chi connectivity index (χ4n) is 2.26. The van der Waals surface area contributed by atoms with Gasteiger partial charge in [-0.05, 0) is 24.0 Å². The minimum atomic E-state index is -0.199. The first-order valence-corrected chi connectivity index (χ1v) is 7.20. The van der Waals surface area contributed by atoms with E-state index in [0.717, 1.165) is 16.3 Å². The lowest BCUT2D eigenvalue weighted by Crippen LogP contribution is -2.11. The molecule has 0 saturated heterocycles. The highest BCUT2D eigenvalue weighted by Gasteiger charge is 2.11. The van der Waals surface area contributed by atoms with Gasteiger partial charge in [-0.25, -0.2) is 0 Å². The first kappa shape index (κ1) is 15.2. The number of nitrogen functional groups attached to an aromatic ring is 2. The van der Waals surface area contributed by atoms with Crippen molar-refractivity contribution in [1.82, 2.24) is 0 Å². The number of ether oxygens (including phenoxy) is 1. The second kappa shape index (κ2) is 6.48. The van der Waals surface area contributed by atoms with Gasteiger partial charge in [0.1, 0.15) is 0 Å². The van der Waals surface area contributed by atoms with E-state index in [0.29, 0.717) is 36.7 Å². The largest absolute Gasteiger partial charge is 0.465 e. The van der Waals surface area contributed by atoms with Crippen LogP contribution in [0, 0.1) is 5.92 Å². The molecule has 0 amide bonds. The van der Waals surface area contributed by atoms with E-state index in [1.54, 1.807) is 0 Å². The Morgan fingerprint density at radius 2 is 1.86 bits per heavy atom. The summed E-state index contributed by atoms with van der Waals surface area (Å²) >= 11 is 0. The smallest absolute Gasteiger partial charge is 0.306 e. The molecule has 0 fully saturated rings. The molecule has 0 radical (unpaired) electrons. The van der Waals surface area contributed by atoms with E-state index in [-0.39, 0.29) is 5.97 Å². The van der Waals surface area contributed by atoms with E-state index < -0.39 is 0 Å². The van der Waals surface area contributed by atoms with Gasteiger partial charge in [-0.2, -0.15) is 0 Å². The van der Waals surface area contributed by atoms with Crippen LogP contribution < -0.4 is 11.5 Å². The molecule has 0 bridgehead atoms. The number of fused-ring (bicyclic) bond motifs is 1. The van der Waals surface area contributed by atoms with Crippen LogP contribution in [0.25, 0.3) is 10.8 Å². The maximum Gasteiger partial charge on any atom is 0.306 e. The zero-order chi connectivity index (χ0) is 15.4. The van der Waals surface area contributed by atoms with E-state index in [2.05, 4.69) is 0 Å². The molecule has 112 valence electrons. The highest BCUT2D eigenvalue weighted by Crippen LogP contribution is 2.30. The van der Waals surface area contributed by atoms with Crippen LogP contribution in [0.3, 0.4) is 0 Å². The predicted molar refractivity (Wildman–Crippen MR) is 86.9 cm³/mol. The third kappa shape index (κ3) is 3.66. The number of benzene rings is 2. The summed E-state index contributed by atoms with van der Waals surface area (Å²) in [6, 6.07) is 9.61. The van der Waals surface area contributed by atoms with Crippen LogP contribution in [0.5, 0.6) is 0 Å². The quantitative estimate of drug-likeness (QED) is 0.654. The van der Waals surface area contributed by atoms with Gasteiger partial charge in [-0.1, -0.05) is 38.1 Å². The Bertz CT molecular complexity index is 651. The Morgan fingerprint density at radius 1 is 1.19 bits per heavy atom. The summed E-state index contributed by atoms with van der Waals surface area (Å²) in [5, 5.41) is 1.88. The van der Waals surface area contributed by atoms with Crippen molar-refractivity contribution < 1.29 is 9.53 Å². The molecule has 2 rings (SSSR count). The molecule has 0 aliphatic heterocycles. The SMILES string of the molecule is CC(C)COC(=O)CCc1cc(N)c2ccccc2c1N. The third-order valence-corrected chi connectivity index (χ3v) is 3.38. The van der Waals surface area contributed by atoms with Gasteiger partial charge in [-0.15, -0.1) is 0 Å². The summed E-state index contributed by atoms with van der Waals surface area (Å²) in [6.45, 7) is 4.47. The zero-order valence-electron chi connectivity index (χ0n) is 12.6. The number of carbonyl (C=O) groups is 1. The topological polar surface area (TPSA) is 78.3 Å². The second-order valence-electron chi connectivity index (χ2n) is 5.66. The number of anilines is 2. The van der Waals surface area contributed by atoms with Crippen LogP contribution in [0.4, 0.5) is 11.4 Å². The first-order valence-electron chi connectivity index (χ1n) is 7.20. The molecule has 0 atom stereocenters. The summed E-state index contributed by atoms with van der Waals surface area (Å²) < 4.78 is 5.17. The highest BCUT2D eigenvalue weighted by molar-refractivity contribution is 6.01. The summed E-state index contributed by atoms with van der Waals surface area (Å²) in [4.78, 5) is 11.7. The third-order valence-electron chi connectivity index (χ3n) is 3.38. The normalized spacial score (nSPS) is 11.0. The zero-order valence-corrected chi connectivity index (χ0v) is 12.6. The Labute approximate surface area is 125 Å². The molecule has 21 heavy (non-hydrogen) atoms. The predicted octanol–water partition coefficient (Wildman–Crippen LogP) is 3.14. The maximum atomic E-state index is 11.7. The van der Waals surface area contributed by atoms with E-state index in [4.69, 9.17) is 16.2 Å². The Balaban J connectivity index is 2.12. The first-order chi connectivity index (χ1) is 9.99. The van der Waals surface area contributed by atoms with E-state index >= 15 is 0 Å². The molecule has 4 nitrogen and oxygen atoms in total. The molecule has 0 spiro atoms. The molecule has 0 heterocycles. The number of hydrogen-bond acceptors (Lipinski definition) is 4. The molecule has 4 heteroatoms. The van der Waals surface area contributed by atoms with Crippen molar-refractivity contribution in [2.24, 2.45) is 5.92 Å². The van der Waals surface area contributed by atoms with Gasteiger partial charge in [-0.3, -0.25) is 4.79 Å². The number of carbonyl (C=O) groups excluding carboxylic acids is 1. The van der Waals surface area contributed by atoms with Crippen molar-refractivity contribution in [2.45, 2.75) is 26.7 Å². The minimum Gasteiger partial charge on any atom is -0.465 e. The van der Waals surface area contributed by atoms with Crippen LogP contribution in [0.15, 0.2) is 30.3 Å². The van der Waals surface area contributed by atoms with Crippen LogP contribution in [-0.2, 0) is 16.0 Å². The van der Waals surface area contributed by atoms with Crippen molar-refractivity contribution in [2.75, 3.05) is 18.1 Å². The standard InChI is InChI=1S/C17H22N2O2/c1-11(2)10-21-16(20)8-7-12-9-15(18)13-5-3-4-6-14(13)17(12)19/h3-6,9,11H,7-8,10,18-19H2,1-2H3. The molecule has 0 aliphatic carbocycles. The van der Waals surface area contributed by atoms with Crippen molar-refractivity contribution in [1.29, 1.82) is 0 Å². The Hall–Kier alpha value is -2.23. The van der Waals surface area contributed by atoms with Gasteiger partial charge in [0.2, 0.25) is 0 Å². The molecule has 0 aliphatic rings. The number of hydrogen-bond donors (Lipinski definition) is 2. The summed E-state index contributed by atoms with van der Waals surface area (Å²) in [5.74, 6) is 0.144. The fourth-order valence-corrected chi connectivity index (χ4v) is 2.26. The van der Waals surface area contributed by atoms with Gasteiger partial charge in [0.05, 0.1) is 6.61 Å². The molecular weight excluding hydrogens is 264 g/mol. The lowest BCUT2D eigenvalue weighted by atomic mass is 9.99. The van der Waals surface area contributed by atoms with E-state index in [1.165, 1.54) is 0 Å². The van der Waals surface area contributed by atoms with Gasteiger partial charge < -0.3 is 16.2 Å². The highest BCUT2D eigenvalue weighted by atomic mass is 16.5. The molecule has 2 aromatic rings. The van der Waals surface area contributed by atoms with Crippen molar-refractivity contribution in [3.8, 4) is 0 Å². The molecule has 0 unspecified atom stereocenters. The number of rotatable bonds is 5. The molecule has 4 N–H and O–H groups in total. The van der Waals surface area contributed by atoms with Gasteiger partial charge in [0, 0.05) is 28.6 Å². The lowest BCUT2D eigenvalue weighted by molar-refractivity contribution is -0.144. The van der Waals surface area contributed by atoms with E-state index in [9.17, 15) is 4.79 Å². The molecule has 2 aromatic carbocycles. The monoisotopic (exact) mass is 286 g/mol. The molecule has 0 saturated carbocycles. The molecule has 0 aromatic heterocycles. The summed E-state index contributed by atoms with van der Waals surface area (Å²) in [6.07, 6.45) is 0.854. The van der Waals surface area contributed by atoms with Crippen molar-refractivity contribution >= 4 is 28.1 Å². The second-order valence-corrected chi connectivity index (χ2v) is 5.66. The van der Waals surface area contributed by atoms with Crippen molar-refractivity contribution in [3.05, 3.63) is 35.9 Å². The fraction of sp³-hybridized carbons (Fsp3) is 0.353. The van der Waals surface area contributed by atoms with Gasteiger partial charge >= 0.3 is 5.97 Å². The number of aryl methyl sites for hydroxylation is 1. The average molecular weight is 286 g/mol. The van der Waals surface area contributed by atoms with E-state index in [1.807, 2.05) is 44.2 Å². The van der Waals surface area contributed by atoms with Gasteiger partial charge in [0.15, 0.2) is 0 Å². The van der Waals surface area contributed by atoms with Gasteiger partial charge in [0.25, 0.3) is 0 Å². The average Bonchev–Trinajstić information content (AvgIpc) is 2.47. The number of nitrogens with two attached hydrogens (primary N) is 2. The summed E-state index contributed by atoms with van der Waals surface area (Å²) in [5.41, 5.74) is 14.5. The van der Waals surface area contributed by atoms with Crippen LogP contribution in [0.2, 0.25) is 0 Å². The van der Waals surface area contributed by atoms with Crippen molar-refractivity contribution in [3.63, 3.8) is 0 Å². The number of esters is 1.